The van der Waals surface area contributed by atoms with Crippen molar-refractivity contribution in [2.45, 2.75) is 13.8 Å². The van der Waals surface area contributed by atoms with Gasteiger partial charge in [-0.15, -0.1) is 0 Å². The Morgan fingerprint density at radius 3 is 2.17 bits per heavy atom. The molecule has 2 saturated heterocycles. The van der Waals surface area contributed by atoms with Crippen LogP contribution in [0.4, 0.5) is 17.5 Å². The lowest BCUT2D eigenvalue weighted by Crippen LogP contribution is -2.47. The molecule has 9 nitrogen and oxygen atoms in total. The monoisotopic (exact) mass is 399 g/mol. The van der Waals surface area contributed by atoms with E-state index in [1.807, 2.05) is 0 Å². The summed E-state index contributed by atoms with van der Waals surface area (Å²) in [7, 11) is 0. The second kappa shape index (κ2) is 9.21. The summed E-state index contributed by atoms with van der Waals surface area (Å²) in [6, 6.07) is 2.08. The van der Waals surface area contributed by atoms with E-state index in [0.717, 1.165) is 69.9 Å². The Hall–Kier alpha value is -2.68. The molecule has 0 spiro atoms. The Morgan fingerprint density at radius 1 is 0.897 bits per heavy atom. The van der Waals surface area contributed by atoms with E-state index in [9.17, 15) is 0 Å². The standard InChI is InChI=1S/C20H29N7O2/c1-16(2)14-29-20-13-21-12-19(24-20)26-5-3-25(4-6-26)17-11-18(23-15-22-17)27-7-9-28-10-8-27/h11-13,15-16H,3-10,14H2,1-2H3. The summed E-state index contributed by atoms with van der Waals surface area (Å²) in [6.45, 7) is 11.6. The molecule has 0 atom stereocenters. The van der Waals surface area contributed by atoms with Crippen LogP contribution in [0.25, 0.3) is 0 Å². The topological polar surface area (TPSA) is 79.7 Å². The van der Waals surface area contributed by atoms with E-state index in [1.54, 1.807) is 18.7 Å². The third-order valence-electron chi connectivity index (χ3n) is 5.07. The molecule has 0 saturated carbocycles. The van der Waals surface area contributed by atoms with Crippen molar-refractivity contribution in [2.75, 3.05) is 73.8 Å². The number of hydrogen-bond donors (Lipinski definition) is 0. The summed E-state index contributed by atoms with van der Waals surface area (Å²) in [4.78, 5) is 24.7. The van der Waals surface area contributed by atoms with Gasteiger partial charge < -0.3 is 24.2 Å². The van der Waals surface area contributed by atoms with Gasteiger partial charge in [-0.25, -0.2) is 9.97 Å². The first-order valence-corrected chi connectivity index (χ1v) is 10.3. The van der Waals surface area contributed by atoms with Crippen LogP contribution in [0.3, 0.4) is 0 Å². The fraction of sp³-hybridized carbons (Fsp3) is 0.600. The Morgan fingerprint density at radius 2 is 1.52 bits per heavy atom. The second-order valence-corrected chi connectivity index (χ2v) is 7.73. The number of anilines is 3. The average Bonchev–Trinajstić information content (AvgIpc) is 2.79. The normalized spacial score (nSPS) is 17.7. The van der Waals surface area contributed by atoms with Gasteiger partial charge in [0, 0.05) is 45.3 Å². The highest BCUT2D eigenvalue weighted by atomic mass is 16.5. The van der Waals surface area contributed by atoms with Gasteiger partial charge in [-0.05, 0) is 5.92 Å². The van der Waals surface area contributed by atoms with Gasteiger partial charge in [0.2, 0.25) is 5.88 Å². The molecule has 4 heterocycles. The molecule has 4 rings (SSSR count). The van der Waals surface area contributed by atoms with Crippen LogP contribution < -0.4 is 19.4 Å². The third kappa shape index (κ3) is 5.03. The average molecular weight is 399 g/mol. The summed E-state index contributed by atoms with van der Waals surface area (Å²) in [5.41, 5.74) is 0. The molecular weight excluding hydrogens is 370 g/mol. The summed E-state index contributed by atoms with van der Waals surface area (Å²) < 4.78 is 11.2. The number of ether oxygens (including phenoxy) is 2. The van der Waals surface area contributed by atoms with Crippen molar-refractivity contribution < 1.29 is 9.47 Å². The Bertz CT molecular complexity index is 790. The molecule has 0 amide bonds. The zero-order valence-electron chi connectivity index (χ0n) is 17.2. The zero-order chi connectivity index (χ0) is 20.1. The van der Waals surface area contributed by atoms with Crippen molar-refractivity contribution in [3.63, 3.8) is 0 Å². The molecule has 0 radical (unpaired) electrons. The van der Waals surface area contributed by atoms with E-state index < -0.39 is 0 Å². The predicted octanol–water partition coefficient (Wildman–Crippen LogP) is 1.46. The van der Waals surface area contributed by atoms with Crippen LogP contribution in [0.1, 0.15) is 13.8 Å². The van der Waals surface area contributed by atoms with Crippen LogP contribution in [0.5, 0.6) is 5.88 Å². The van der Waals surface area contributed by atoms with E-state index in [-0.39, 0.29) is 0 Å². The maximum absolute atomic E-state index is 5.72. The Labute approximate surface area is 171 Å². The molecule has 2 aromatic rings. The lowest BCUT2D eigenvalue weighted by Gasteiger charge is -2.36. The van der Waals surface area contributed by atoms with Crippen molar-refractivity contribution in [3.05, 3.63) is 24.8 Å². The van der Waals surface area contributed by atoms with Crippen molar-refractivity contribution in [2.24, 2.45) is 5.92 Å². The van der Waals surface area contributed by atoms with Crippen molar-refractivity contribution in [1.29, 1.82) is 0 Å². The van der Waals surface area contributed by atoms with E-state index in [2.05, 4.69) is 54.5 Å². The predicted molar refractivity (Wildman–Crippen MR) is 112 cm³/mol. The molecule has 0 bridgehead atoms. The lowest BCUT2D eigenvalue weighted by atomic mass is 10.2. The summed E-state index contributed by atoms with van der Waals surface area (Å²) >= 11 is 0. The largest absolute Gasteiger partial charge is 0.476 e. The second-order valence-electron chi connectivity index (χ2n) is 7.73. The molecule has 29 heavy (non-hydrogen) atoms. The highest BCUT2D eigenvalue weighted by molar-refractivity contribution is 5.52. The summed E-state index contributed by atoms with van der Waals surface area (Å²) in [5, 5.41) is 0. The minimum absolute atomic E-state index is 0.458. The molecule has 0 unspecified atom stereocenters. The highest BCUT2D eigenvalue weighted by Crippen LogP contribution is 2.22. The van der Waals surface area contributed by atoms with Gasteiger partial charge in [0.1, 0.15) is 18.0 Å². The third-order valence-corrected chi connectivity index (χ3v) is 5.07. The fourth-order valence-corrected chi connectivity index (χ4v) is 3.45. The number of hydrogen-bond acceptors (Lipinski definition) is 9. The van der Waals surface area contributed by atoms with Gasteiger partial charge in [0.05, 0.1) is 32.2 Å². The van der Waals surface area contributed by atoms with Crippen molar-refractivity contribution in [1.82, 2.24) is 19.9 Å². The molecule has 2 fully saturated rings. The first-order valence-electron chi connectivity index (χ1n) is 10.3. The molecule has 2 aliphatic heterocycles. The van der Waals surface area contributed by atoms with E-state index in [4.69, 9.17) is 9.47 Å². The molecular formula is C20H29N7O2. The molecule has 156 valence electrons. The maximum atomic E-state index is 5.72. The first-order chi connectivity index (χ1) is 14.2. The van der Waals surface area contributed by atoms with Crippen LogP contribution >= 0.6 is 0 Å². The van der Waals surface area contributed by atoms with E-state index in [0.29, 0.717) is 18.4 Å². The number of piperazine rings is 1. The van der Waals surface area contributed by atoms with Crippen LogP contribution in [-0.2, 0) is 4.74 Å². The summed E-state index contributed by atoms with van der Waals surface area (Å²) in [6.07, 6.45) is 5.14. The molecule has 2 aromatic heterocycles. The van der Waals surface area contributed by atoms with Gasteiger partial charge in [0.25, 0.3) is 0 Å². The highest BCUT2D eigenvalue weighted by Gasteiger charge is 2.21. The van der Waals surface area contributed by atoms with Crippen LogP contribution in [-0.4, -0.2) is 79.0 Å². The number of aromatic nitrogens is 4. The van der Waals surface area contributed by atoms with E-state index in [1.165, 1.54) is 0 Å². The molecule has 0 N–H and O–H groups in total. The SMILES string of the molecule is CC(C)COc1cncc(N2CCN(c3cc(N4CCOCC4)ncn3)CC2)n1. The number of rotatable bonds is 6. The van der Waals surface area contributed by atoms with Crippen molar-refractivity contribution >= 4 is 17.5 Å². The van der Waals surface area contributed by atoms with Gasteiger partial charge >= 0.3 is 0 Å². The van der Waals surface area contributed by atoms with Gasteiger partial charge in [-0.1, -0.05) is 13.8 Å². The zero-order valence-corrected chi connectivity index (χ0v) is 17.2. The first kappa shape index (κ1) is 19.6. The Balaban J connectivity index is 1.36. The smallest absolute Gasteiger partial charge is 0.234 e. The quantitative estimate of drug-likeness (QED) is 0.717. The van der Waals surface area contributed by atoms with Crippen LogP contribution in [0.2, 0.25) is 0 Å². The minimum atomic E-state index is 0.458. The maximum Gasteiger partial charge on any atom is 0.234 e. The minimum Gasteiger partial charge on any atom is -0.476 e. The van der Waals surface area contributed by atoms with Gasteiger partial charge in [-0.3, -0.25) is 4.98 Å². The fourth-order valence-electron chi connectivity index (χ4n) is 3.45. The number of morpholine rings is 1. The van der Waals surface area contributed by atoms with Crippen molar-refractivity contribution in [3.8, 4) is 5.88 Å². The van der Waals surface area contributed by atoms with Crippen LogP contribution in [0.15, 0.2) is 24.8 Å². The molecule has 9 heteroatoms. The molecule has 0 aliphatic carbocycles. The molecule has 0 aromatic carbocycles. The molecule has 2 aliphatic rings. The summed E-state index contributed by atoms with van der Waals surface area (Å²) in [5.74, 6) is 3.86. The van der Waals surface area contributed by atoms with Crippen LogP contribution in [0, 0.1) is 5.92 Å². The van der Waals surface area contributed by atoms with Gasteiger partial charge in [-0.2, -0.15) is 4.98 Å². The van der Waals surface area contributed by atoms with Gasteiger partial charge in [0.15, 0.2) is 5.82 Å². The lowest BCUT2D eigenvalue weighted by molar-refractivity contribution is 0.122. The number of nitrogens with zero attached hydrogens (tertiary/aromatic N) is 7. The Kier molecular flexibility index (Phi) is 6.24. The van der Waals surface area contributed by atoms with E-state index >= 15 is 0 Å².